The number of ether oxygens (including phenoxy) is 1. The van der Waals surface area contributed by atoms with Crippen LogP contribution in [0.2, 0.25) is 0 Å². The highest BCUT2D eigenvalue weighted by Crippen LogP contribution is 2.30. The number of halogens is 3. The number of benzene rings is 2. The highest BCUT2D eigenvalue weighted by molar-refractivity contribution is 6.09. The summed E-state index contributed by atoms with van der Waals surface area (Å²) < 4.78 is 42.1. The van der Waals surface area contributed by atoms with Crippen LogP contribution in [-0.2, 0) is 15.1 Å². The van der Waals surface area contributed by atoms with Gasteiger partial charge in [0, 0.05) is 7.05 Å². The number of amides is 4. The van der Waals surface area contributed by atoms with Crippen LogP contribution in [0.1, 0.15) is 31.0 Å². The van der Waals surface area contributed by atoms with Crippen LogP contribution < -0.4 is 10.1 Å². The SMILES string of the molecule is CC(c1ccc(F)cc1)N(C)C(=O)CN1C(=O)NC(C)(c2ccc(OC(F)F)cc2)C1=O. The average Bonchev–Trinajstić information content (AvgIpc) is 2.97. The lowest BCUT2D eigenvalue weighted by Crippen LogP contribution is -2.44. The van der Waals surface area contributed by atoms with Gasteiger partial charge in [-0.3, -0.25) is 14.5 Å². The zero-order valence-corrected chi connectivity index (χ0v) is 17.6. The molecule has 0 saturated carbocycles. The van der Waals surface area contributed by atoms with Gasteiger partial charge in [-0.25, -0.2) is 9.18 Å². The van der Waals surface area contributed by atoms with E-state index in [1.165, 1.54) is 55.3 Å². The minimum atomic E-state index is -2.99. The van der Waals surface area contributed by atoms with E-state index in [2.05, 4.69) is 10.1 Å². The van der Waals surface area contributed by atoms with Crippen LogP contribution in [-0.4, -0.2) is 47.8 Å². The molecule has 0 radical (unpaired) electrons. The third kappa shape index (κ3) is 4.53. The summed E-state index contributed by atoms with van der Waals surface area (Å²) in [5, 5.41) is 2.55. The highest BCUT2D eigenvalue weighted by atomic mass is 19.3. The lowest BCUT2D eigenvalue weighted by molar-refractivity contribution is -0.139. The molecule has 4 amide bonds. The van der Waals surface area contributed by atoms with Gasteiger partial charge in [-0.2, -0.15) is 8.78 Å². The molecule has 1 heterocycles. The van der Waals surface area contributed by atoms with Crippen LogP contribution in [0.25, 0.3) is 0 Å². The monoisotopic (exact) mass is 449 g/mol. The Kier molecular flexibility index (Phi) is 6.42. The lowest BCUT2D eigenvalue weighted by atomic mass is 9.92. The molecule has 2 atom stereocenters. The van der Waals surface area contributed by atoms with E-state index >= 15 is 0 Å². The number of nitrogens with zero attached hydrogens (tertiary/aromatic N) is 2. The summed E-state index contributed by atoms with van der Waals surface area (Å²) in [6.07, 6.45) is 0. The Bertz CT molecular complexity index is 1010. The average molecular weight is 449 g/mol. The number of rotatable bonds is 7. The van der Waals surface area contributed by atoms with E-state index in [9.17, 15) is 27.6 Å². The minimum absolute atomic E-state index is 0.0902. The topological polar surface area (TPSA) is 79.0 Å². The Morgan fingerprint density at radius 1 is 1.12 bits per heavy atom. The summed E-state index contributed by atoms with van der Waals surface area (Å²) in [7, 11) is 1.52. The van der Waals surface area contributed by atoms with E-state index in [0.717, 1.165) is 4.90 Å². The molecule has 2 aromatic rings. The van der Waals surface area contributed by atoms with Crippen molar-refractivity contribution in [3.8, 4) is 5.75 Å². The normalized spacial score (nSPS) is 19.2. The molecule has 3 rings (SSSR count). The second kappa shape index (κ2) is 8.89. The Labute approximate surface area is 182 Å². The largest absolute Gasteiger partial charge is 0.435 e. The van der Waals surface area contributed by atoms with Gasteiger partial charge < -0.3 is 15.0 Å². The molecule has 1 N–H and O–H groups in total. The standard InChI is InChI=1S/C22H22F3N3O4/c1-13(14-4-8-16(23)9-5-14)27(3)18(29)12-28-19(30)22(2,26-21(28)31)15-6-10-17(11-7-15)32-20(24)25/h4-11,13,20H,12H2,1-3H3,(H,26,31). The first-order valence-electron chi connectivity index (χ1n) is 9.73. The number of hydrogen-bond donors (Lipinski definition) is 1. The Morgan fingerprint density at radius 3 is 2.28 bits per heavy atom. The third-order valence-electron chi connectivity index (χ3n) is 5.55. The molecular formula is C22H22F3N3O4. The van der Waals surface area contributed by atoms with Crippen LogP contribution in [0.15, 0.2) is 48.5 Å². The molecule has 170 valence electrons. The number of nitrogens with one attached hydrogen (secondary N) is 1. The van der Waals surface area contributed by atoms with Crippen molar-refractivity contribution in [2.45, 2.75) is 32.0 Å². The maximum Gasteiger partial charge on any atom is 0.387 e. The minimum Gasteiger partial charge on any atom is -0.435 e. The maximum atomic E-state index is 13.1. The maximum absolute atomic E-state index is 13.1. The molecule has 2 aromatic carbocycles. The fourth-order valence-electron chi connectivity index (χ4n) is 3.43. The molecule has 32 heavy (non-hydrogen) atoms. The molecule has 0 aliphatic carbocycles. The van der Waals surface area contributed by atoms with E-state index in [1.807, 2.05) is 0 Å². The number of carbonyl (C=O) groups is 3. The van der Waals surface area contributed by atoms with E-state index in [1.54, 1.807) is 19.1 Å². The second-order valence-corrected chi connectivity index (χ2v) is 7.58. The molecular weight excluding hydrogens is 427 g/mol. The molecule has 1 aliphatic heterocycles. The predicted octanol–water partition coefficient (Wildman–Crippen LogP) is 3.41. The van der Waals surface area contributed by atoms with Gasteiger partial charge in [0.2, 0.25) is 5.91 Å². The first-order chi connectivity index (χ1) is 15.0. The van der Waals surface area contributed by atoms with Crippen LogP contribution >= 0.6 is 0 Å². The second-order valence-electron chi connectivity index (χ2n) is 7.58. The zero-order valence-electron chi connectivity index (χ0n) is 17.6. The highest BCUT2D eigenvalue weighted by Gasteiger charge is 2.49. The zero-order chi connectivity index (χ0) is 23.6. The lowest BCUT2D eigenvalue weighted by Gasteiger charge is -2.27. The van der Waals surface area contributed by atoms with Gasteiger partial charge in [-0.05, 0) is 49.2 Å². The Balaban J connectivity index is 1.72. The van der Waals surface area contributed by atoms with Gasteiger partial charge in [0.05, 0.1) is 6.04 Å². The summed E-state index contributed by atoms with van der Waals surface area (Å²) in [5.41, 5.74) is -0.433. The van der Waals surface area contributed by atoms with Gasteiger partial charge in [0.15, 0.2) is 0 Å². The van der Waals surface area contributed by atoms with Crippen molar-refractivity contribution in [3.05, 3.63) is 65.5 Å². The number of likely N-dealkylation sites (N-methyl/N-ethyl adjacent to an activating group) is 1. The third-order valence-corrected chi connectivity index (χ3v) is 5.55. The molecule has 0 spiro atoms. The van der Waals surface area contributed by atoms with Crippen molar-refractivity contribution >= 4 is 17.8 Å². The molecule has 1 aliphatic rings. The van der Waals surface area contributed by atoms with Crippen molar-refractivity contribution in [1.29, 1.82) is 0 Å². The first kappa shape index (κ1) is 23.1. The fourth-order valence-corrected chi connectivity index (χ4v) is 3.43. The number of urea groups is 1. The summed E-state index contributed by atoms with van der Waals surface area (Å²) in [4.78, 5) is 40.4. The van der Waals surface area contributed by atoms with Crippen molar-refractivity contribution in [2.24, 2.45) is 0 Å². The molecule has 0 bridgehead atoms. The van der Waals surface area contributed by atoms with Crippen LogP contribution in [0.4, 0.5) is 18.0 Å². The van der Waals surface area contributed by atoms with Gasteiger partial charge in [-0.15, -0.1) is 0 Å². The van der Waals surface area contributed by atoms with Crippen LogP contribution in [0.3, 0.4) is 0 Å². The summed E-state index contributed by atoms with van der Waals surface area (Å²) >= 11 is 0. The van der Waals surface area contributed by atoms with E-state index in [0.29, 0.717) is 11.1 Å². The Hall–Kier alpha value is -3.56. The number of carbonyl (C=O) groups excluding carboxylic acids is 3. The summed E-state index contributed by atoms with van der Waals surface area (Å²) in [5.74, 6) is -1.63. The van der Waals surface area contributed by atoms with Crippen LogP contribution in [0, 0.1) is 5.82 Å². The van der Waals surface area contributed by atoms with Crippen molar-refractivity contribution in [3.63, 3.8) is 0 Å². The molecule has 0 aromatic heterocycles. The smallest absolute Gasteiger partial charge is 0.387 e. The predicted molar refractivity (Wildman–Crippen MR) is 108 cm³/mol. The molecule has 1 fully saturated rings. The number of imide groups is 1. The summed E-state index contributed by atoms with van der Waals surface area (Å²) in [6.45, 7) is -0.273. The molecule has 10 heteroatoms. The molecule has 7 nitrogen and oxygen atoms in total. The number of alkyl halides is 2. The quantitative estimate of drug-likeness (QED) is 0.657. The fraction of sp³-hybridized carbons (Fsp3) is 0.318. The van der Waals surface area contributed by atoms with E-state index in [4.69, 9.17) is 0 Å². The van der Waals surface area contributed by atoms with Gasteiger partial charge in [0.25, 0.3) is 5.91 Å². The first-order valence-corrected chi connectivity index (χ1v) is 9.73. The molecule has 1 saturated heterocycles. The van der Waals surface area contributed by atoms with Gasteiger partial charge >= 0.3 is 12.6 Å². The van der Waals surface area contributed by atoms with E-state index < -0.39 is 48.4 Å². The Morgan fingerprint density at radius 2 is 1.72 bits per heavy atom. The number of hydrogen-bond acceptors (Lipinski definition) is 4. The molecule has 2 unspecified atom stereocenters. The van der Waals surface area contributed by atoms with Crippen LogP contribution in [0.5, 0.6) is 5.75 Å². The van der Waals surface area contributed by atoms with Crippen molar-refractivity contribution in [2.75, 3.05) is 13.6 Å². The van der Waals surface area contributed by atoms with Crippen molar-refractivity contribution < 1.29 is 32.3 Å². The summed E-state index contributed by atoms with van der Waals surface area (Å²) in [6, 6.07) is 9.81. The van der Waals surface area contributed by atoms with E-state index in [-0.39, 0.29) is 5.75 Å². The van der Waals surface area contributed by atoms with Crippen molar-refractivity contribution in [1.82, 2.24) is 15.1 Å². The van der Waals surface area contributed by atoms with Gasteiger partial charge in [0.1, 0.15) is 23.7 Å². The van der Waals surface area contributed by atoms with Gasteiger partial charge in [-0.1, -0.05) is 24.3 Å².